The summed E-state index contributed by atoms with van der Waals surface area (Å²) in [7, 11) is 1.74. The zero-order valence-electron chi connectivity index (χ0n) is 24.7. The second-order valence-electron chi connectivity index (χ2n) is 13.7. The molecule has 222 valence electrons. The molecule has 4 aliphatic carbocycles. The van der Waals surface area contributed by atoms with Crippen LogP contribution in [0, 0.1) is 34.5 Å². The normalized spacial score (nSPS) is 40.2. The summed E-state index contributed by atoms with van der Waals surface area (Å²) < 4.78 is 30.3. The highest BCUT2D eigenvalue weighted by Crippen LogP contribution is 2.70. The number of benzene rings is 1. The molecule has 5 nitrogen and oxygen atoms in total. The Morgan fingerprint density at radius 1 is 0.950 bits per heavy atom. The van der Waals surface area contributed by atoms with Crippen molar-refractivity contribution in [1.29, 1.82) is 0 Å². The van der Waals surface area contributed by atoms with E-state index in [2.05, 4.69) is 66.2 Å². The molecule has 1 saturated heterocycles. The first kappa shape index (κ1) is 29.2. The van der Waals surface area contributed by atoms with Crippen molar-refractivity contribution < 1.29 is 23.7 Å². The summed E-state index contributed by atoms with van der Waals surface area (Å²) in [4.78, 5) is 0. The van der Waals surface area contributed by atoms with Gasteiger partial charge in [-0.05, 0) is 103 Å². The smallest absolute Gasteiger partial charge is 0.168 e. The van der Waals surface area contributed by atoms with Gasteiger partial charge in [0.2, 0.25) is 0 Å². The Balaban J connectivity index is 1.29. The van der Waals surface area contributed by atoms with Crippen LogP contribution in [0.25, 0.3) is 0 Å². The standard InChI is InChI=1S/C34H49BrO5/c1-32-15-16-34(39-19-20-40-34)21-25(32)9-12-27-29-13-14-30(38-23-36-3)33(29,2)22-28(31(27)32)24-7-10-26(11-8-24)37-18-6-4-5-17-35/h4,6-8,10-11,25,27-31H,5,9,12-23H2,1-3H3/b6-4+/t25-,27-,28+,29-,30-,31+,32-,33-/m0/s1. The van der Waals surface area contributed by atoms with Crippen LogP contribution < -0.4 is 4.74 Å². The van der Waals surface area contributed by atoms with Gasteiger partial charge in [0.05, 0.1) is 19.3 Å². The number of alkyl halides is 1. The number of halogens is 1. The van der Waals surface area contributed by atoms with Crippen molar-refractivity contribution in [2.75, 3.05) is 39.1 Å². The predicted octanol–water partition coefficient (Wildman–Crippen LogP) is 7.88. The molecule has 1 aliphatic heterocycles. The third-order valence-electron chi connectivity index (χ3n) is 11.8. The van der Waals surface area contributed by atoms with Crippen LogP contribution in [0.15, 0.2) is 36.4 Å². The highest BCUT2D eigenvalue weighted by molar-refractivity contribution is 9.09. The van der Waals surface area contributed by atoms with Crippen LogP contribution in [0.3, 0.4) is 0 Å². The average molecular weight is 618 g/mol. The highest BCUT2D eigenvalue weighted by Gasteiger charge is 2.65. The van der Waals surface area contributed by atoms with Crippen molar-refractivity contribution in [2.24, 2.45) is 34.5 Å². The second kappa shape index (κ2) is 12.0. The topological polar surface area (TPSA) is 46.2 Å². The van der Waals surface area contributed by atoms with E-state index in [1.165, 1.54) is 37.7 Å². The molecule has 1 aromatic carbocycles. The lowest BCUT2D eigenvalue weighted by molar-refractivity contribution is -0.234. The van der Waals surface area contributed by atoms with Gasteiger partial charge in [0.15, 0.2) is 5.79 Å². The Bertz CT molecular complexity index is 1020. The van der Waals surface area contributed by atoms with Gasteiger partial charge in [-0.1, -0.05) is 54.1 Å². The van der Waals surface area contributed by atoms with Crippen LogP contribution in [-0.4, -0.2) is 50.9 Å². The van der Waals surface area contributed by atoms with E-state index in [0.29, 0.717) is 36.6 Å². The average Bonchev–Trinajstić information content (AvgIpc) is 3.56. The quantitative estimate of drug-likeness (QED) is 0.160. The van der Waals surface area contributed by atoms with Gasteiger partial charge in [0.25, 0.3) is 0 Å². The molecule has 6 heteroatoms. The maximum atomic E-state index is 6.39. The summed E-state index contributed by atoms with van der Waals surface area (Å²) in [5.41, 5.74) is 1.96. The number of hydrogen-bond acceptors (Lipinski definition) is 5. The molecule has 0 radical (unpaired) electrons. The fraction of sp³-hybridized carbons (Fsp3) is 0.765. The van der Waals surface area contributed by atoms with E-state index in [9.17, 15) is 0 Å². The SMILES string of the molecule is COCO[C@H]1CC[C@H]2[C@@H]3CC[C@H]4CC5(CC[C@]4(C)[C@H]3[C@@H](c3ccc(OC/C=C/CCBr)cc3)C[C@]12C)OCCO5. The van der Waals surface area contributed by atoms with Gasteiger partial charge in [0, 0.05) is 25.3 Å². The molecule has 1 spiro atoms. The largest absolute Gasteiger partial charge is 0.490 e. The Kier molecular flexibility index (Phi) is 8.74. The van der Waals surface area contributed by atoms with Crippen LogP contribution in [-0.2, 0) is 18.9 Å². The van der Waals surface area contributed by atoms with Crippen LogP contribution >= 0.6 is 15.9 Å². The predicted molar refractivity (Wildman–Crippen MR) is 161 cm³/mol. The van der Waals surface area contributed by atoms with E-state index in [1.54, 1.807) is 7.11 Å². The summed E-state index contributed by atoms with van der Waals surface area (Å²) in [5, 5.41) is 0.986. The summed E-state index contributed by atoms with van der Waals surface area (Å²) in [5.74, 6) is 3.93. The summed E-state index contributed by atoms with van der Waals surface area (Å²) in [6.45, 7) is 7.68. The maximum Gasteiger partial charge on any atom is 0.168 e. The second-order valence-corrected chi connectivity index (χ2v) is 14.5. The van der Waals surface area contributed by atoms with Gasteiger partial charge in [-0.2, -0.15) is 0 Å². The minimum atomic E-state index is -0.315. The Labute approximate surface area is 249 Å². The Morgan fingerprint density at radius 3 is 2.50 bits per heavy atom. The Hall–Kier alpha value is -0.920. The van der Waals surface area contributed by atoms with E-state index >= 15 is 0 Å². The van der Waals surface area contributed by atoms with Crippen molar-refractivity contribution in [3.63, 3.8) is 0 Å². The molecule has 4 saturated carbocycles. The van der Waals surface area contributed by atoms with Crippen LogP contribution in [0.5, 0.6) is 5.75 Å². The molecule has 1 aromatic rings. The van der Waals surface area contributed by atoms with Gasteiger partial charge < -0.3 is 23.7 Å². The fourth-order valence-corrected chi connectivity index (χ4v) is 10.3. The first-order valence-electron chi connectivity index (χ1n) is 15.7. The van der Waals surface area contributed by atoms with E-state index in [0.717, 1.165) is 61.8 Å². The van der Waals surface area contributed by atoms with Gasteiger partial charge in [0.1, 0.15) is 19.1 Å². The number of allylic oxidation sites excluding steroid dienone is 1. The maximum absolute atomic E-state index is 6.39. The van der Waals surface area contributed by atoms with E-state index in [-0.39, 0.29) is 17.3 Å². The fourth-order valence-electron chi connectivity index (χ4n) is 10.0. The molecule has 0 unspecified atom stereocenters. The molecule has 5 fully saturated rings. The molecule has 0 bridgehead atoms. The van der Waals surface area contributed by atoms with Crippen molar-refractivity contribution >= 4 is 15.9 Å². The minimum Gasteiger partial charge on any atom is -0.490 e. The zero-order valence-corrected chi connectivity index (χ0v) is 26.3. The Morgan fingerprint density at radius 2 is 1.75 bits per heavy atom. The number of ether oxygens (including phenoxy) is 5. The first-order valence-corrected chi connectivity index (χ1v) is 16.9. The van der Waals surface area contributed by atoms with Gasteiger partial charge in [-0.3, -0.25) is 0 Å². The molecular formula is C34H49BrO5. The molecule has 40 heavy (non-hydrogen) atoms. The molecule has 0 aromatic heterocycles. The molecule has 8 atom stereocenters. The van der Waals surface area contributed by atoms with Crippen molar-refractivity contribution in [3.8, 4) is 5.75 Å². The van der Waals surface area contributed by atoms with Crippen LogP contribution in [0.1, 0.15) is 83.1 Å². The lowest BCUT2D eigenvalue weighted by Gasteiger charge is -2.64. The summed E-state index contributed by atoms with van der Waals surface area (Å²) in [6.07, 6.45) is 15.1. The third kappa shape index (κ3) is 5.23. The van der Waals surface area contributed by atoms with Crippen molar-refractivity contribution in [3.05, 3.63) is 42.0 Å². The van der Waals surface area contributed by atoms with E-state index in [1.807, 2.05) is 0 Å². The zero-order chi connectivity index (χ0) is 27.8. The third-order valence-corrected chi connectivity index (χ3v) is 12.3. The molecule has 1 heterocycles. The minimum absolute atomic E-state index is 0.177. The lowest BCUT2D eigenvalue weighted by atomic mass is 9.41. The van der Waals surface area contributed by atoms with Crippen molar-refractivity contribution in [1.82, 2.24) is 0 Å². The van der Waals surface area contributed by atoms with E-state index < -0.39 is 0 Å². The molecular weight excluding hydrogens is 568 g/mol. The number of hydrogen-bond donors (Lipinski definition) is 0. The van der Waals surface area contributed by atoms with Crippen molar-refractivity contribution in [2.45, 2.75) is 89.4 Å². The van der Waals surface area contributed by atoms with Gasteiger partial charge >= 0.3 is 0 Å². The molecule has 0 N–H and O–H groups in total. The summed E-state index contributed by atoms with van der Waals surface area (Å²) in [6, 6.07) is 9.12. The summed E-state index contributed by atoms with van der Waals surface area (Å²) >= 11 is 3.47. The van der Waals surface area contributed by atoms with Crippen LogP contribution in [0.4, 0.5) is 0 Å². The number of fused-ring (bicyclic) bond motifs is 5. The van der Waals surface area contributed by atoms with Gasteiger partial charge in [-0.25, -0.2) is 0 Å². The van der Waals surface area contributed by atoms with Crippen LogP contribution in [0.2, 0.25) is 0 Å². The van der Waals surface area contributed by atoms with E-state index in [4.69, 9.17) is 23.7 Å². The van der Waals surface area contributed by atoms with Gasteiger partial charge in [-0.15, -0.1) is 0 Å². The lowest BCUT2D eigenvalue weighted by Crippen LogP contribution is -2.58. The molecule has 5 aliphatic rings. The number of methoxy groups -OCH3 is 1. The highest BCUT2D eigenvalue weighted by atomic mass is 79.9. The molecule has 6 rings (SSSR count). The monoisotopic (exact) mass is 616 g/mol. The number of rotatable bonds is 9. The first-order chi connectivity index (χ1) is 19.4. The molecule has 0 amide bonds.